The van der Waals surface area contributed by atoms with Crippen LogP contribution in [0.15, 0.2) is 48.8 Å². The zero-order chi connectivity index (χ0) is 16.2. The third-order valence-electron chi connectivity index (χ3n) is 3.49. The van der Waals surface area contributed by atoms with Gasteiger partial charge in [0.1, 0.15) is 11.6 Å². The van der Waals surface area contributed by atoms with Crippen LogP contribution in [0.1, 0.15) is 11.1 Å². The maximum absolute atomic E-state index is 13.7. The fraction of sp³-hybridized carbons (Fsp3) is 0.176. The fourth-order valence-corrected chi connectivity index (χ4v) is 2.25. The number of pyridine rings is 1. The number of rotatable bonds is 5. The molecule has 2 heterocycles. The van der Waals surface area contributed by atoms with Crippen LogP contribution in [-0.4, -0.2) is 21.9 Å². The Morgan fingerprint density at radius 2 is 2.13 bits per heavy atom. The summed E-state index contributed by atoms with van der Waals surface area (Å²) < 4.78 is 20.4. The first-order valence-corrected chi connectivity index (χ1v) is 7.21. The Labute approximate surface area is 133 Å². The zero-order valence-electron chi connectivity index (χ0n) is 13.0. The van der Waals surface area contributed by atoms with E-state index in [9.17, 15) is 4.39 Å². The lowest BCUT2D eigenvalue weighted by molar-refractivity contribution is 0.411. The molecular formula is C17H17FN4O. The first-order chi connectivity index (χ1) is 11.2. The second-order valence-corrected chi connectivity index (χ2v) is 5.11. The number of aromatic nitrogens is 3. The molecule has 23 heavy (non-hydrogen) atoms. The molecule has 1 aromatic carbocycles. The molecule has 118 valence electrons. The maximum Gasteiger partial charge on any atom is 0.189 e. The molecule has 0 radical (unpaired) electrons. The Morgan fingerprint density at radius 1 is 1.26 bits per heavy atom. The average molecular weight is 312 g/mol. The van der Waals surface area contributed by atoms with Gasteiger partial charge in [-0.25, -0.2) is 14.1 Å². The van der Waals surface area contributed by atoms with Crippen LogP contribution in [0, 0.1) is 12.7 Å². The predicted octanol–water partition coefficient (Wildman–Crippen LogP) is 3.34. The van der Waals surface area contributed by atoms with Gasteiger partial charge in [-0.05, 0) is 36.2 Å². The van der Waals surface area contributed by atoms with Crippen molar-refractivity contribution in [2.45, 2.75) is 13.5 Å². The number of ether oxygens (including phenoxy) is 1. The molecule has 6 heteroatoms. The third kappa shape index (κ3) is 3.31. The number of hydrogen-bond acceptors (Lipinski definition) is 4. The van der Waals surface area contributed by atoms with Crippen molar-refractivity contribution in [3.8, 4) is 11.6 Å². The molecule has 3 rings (SSSR count). The topological polar surface area (TPSA) is 52.0 Å². The quantitative estimate of drug-likeness (QED) is 0.785. The molecule has 0 amide bonds. The number of benzene rings is 1. The molecule has 0 bridgehead atoms. The largest absolute Gasteiger partial charge is 0.496 e. The number of nitrogens with zero attached hydrogens (tertiary/aromatic N) is 3. The number of halogens is 1. The van der Waals surface area contributed by atoms with E-state index < -0.39 is 5.82 Å². The van der Waals surface area contributed by atoms with Crippen LogP contribution in [0.3, 0.4) is 0 Å². The Hall–Kier alpha value is -2.89. The van der Waals surface area contributed by atoms with Gasteiger partial charge in [-0.3, -0.25) is 0 Å². The molecular weight excluding hydrogens is 295 g/mol. The molecule has 0 aliphatic rings. The number of aryl methyl sites for hydroxylation is 1. The first kappa shape index (κ1) is 15.0. The lowest BCUT2D eigenvalue weighted by Gasteiger charge is -2.08. The summed E-state index contributed by atoms with van der Waals surface area (Å²) in [6.45, 7) is 2.59. The second kappa shape index (κ2) is 6.48. The fourth-order valence-electron chi connectivity index (χ4n) is 2.25. The molecule has 0 fully saturated rings. The Kier molecular flexibility index (Phi) is 4.23. The van der Waals surface area contributed by atoms with Crippen LogP contribution in [0.2, 0.25) is 0 Å². The van der Waals surface area contributed by atoms with Crippen LogP contribution in [0.5, 0.6) is 5.75 Å². The van der Waals surface area contributed by atoms with Crippen molar-refractivity contribution in [2.75, 3.05) is 12.4 Å². The highest BCUT2D eigenvalue weighted by Gasteiger charge is 2.07. The number of nitrogens with one attached hydrogen (secondary N) is 1. The molecule has 5 nitrogen and oxygen atoms in total. The van der Waals surface area contributed by atoms with Crippen LogP contribution in [0.25, 0.3) is 5.82 Å². The van der Waals surface area contributed by atoms with Gasteiger partial charge in [0, 0.05) is 25.0 Å². The van der Waals surface area contributed by atoms with Crippen LogP contribution >= 0.6 is 0 Å². The summed E-state index contributed by atoms with van der Waals surface area (Å²) in [5.41, 5.74) is 2.16. The van der Waals surface area contributed by atoms with Crippen molar-refractivity contribution < 1.29 is 9.13 Å². The van der Waals surface area contributed by atoms with Crippen molar-refractivity contribution >= 4 is 5.82 Å². The molecule has 3 aromatic rings. The highest BCUT2D eigenvalue weighted by Crippen LogP contribution is 2.20. The highest BCUT2D eigenvalue weighted by atomic mass is 19.1. The lowest BCUT2D eigenvalue weighted by atomic mass is 10.1. The normalized spacial score (nSPS) is 10.6. The number of methoxy groups -OCH3 is 1. The maximum atomic E-state index is 13.7. The van der Waals surface area contributed by atoms with Crippen molar-refractivity contribution in [1.82, 2.24) is 14.8 Å². The third-order valence-corrected chi connectivity index (χ3v) is 3.49. The summed E-state index contributed by atoms with van der Waals surface area (Å²) in [5.74, 6) is 1.27. The van der Waals surface area contributed by atoms with E-state index in [0.29, 0.717) is 12.4 Å². The zero-order valence-corrected chi connectivity index (χ0v) is 13.0. The van der Waals surface area contributed by atoms with Gasteiger partial charge in [0.25, 0.3) is 0 Å². The minimum Gasteiger partial charge on any atom is -0.496 e. The molecule has 0 saturated carbocycles. The van der Waals surface area contributed by atoms with Crippen molar-refractivity contribution in [1.29, 1.82) is 0 Å². The van der Waals surface area contributed by atoms with Gasteiger partial charge in [-0.2, -0.15) is 0 Å². The SMILES string of the molecule is COc1cc(CNc2ccn(-c3ncccc3F)n2)ccc1C. The molecule has 0 unspecified atom stereocenters. The first-order valence-electron chi connectivity index (χ1n) is 7.21. The summed E-state index contributed by atoms with van der Waals surface area (Å²) in [7, 11) is 1.66. The van der Waals surface area contributed by atoms with E-state index in [0.717, 1.165) is 16.9 Å². The summed E-state index contributed by atoms with van der Waals surface area (Å²) in [4.78, 5) is 3.99. The van der Waals surface area contributed by atoms with E-state index in [-0.39, 0.29) is 5.82 Å². The standard InChI is InChI=1S/C17H17FN4O/c1-12-5-6-13(10-15(12)23-2)11-20-16-7-9-22(21-16)17-14(18)4-3-8-19-17/h3-10H,11H2,1-2H3,(H,20,21). The Morgan fingerprint density at radius 3 is 2.91 bits per heavy atom. The summed E-state index contributed by atoms with van der Waals surface area (Å²) >= 11 is 0. The van der Waals surface area contributed by atoms with Gasteiger partial charge in [0.2, 0.25) is 0 Å². The van der Waals surface area contributed by atoms with Crippen molar-refractivity contribution in [3.05, 3.63) is 65.7 Å². The number of hydrogen-bond donors (Lipinski definition) is 1. The molecule has 0 aliphatic heterocycles. The number of anilines is 1. The van der Waals surface area contributed by atoms with Gasteiger partial charge in [0.05, 0.1) is 7.11 Å². The van der Waals surface area contributed by atoms with Crippen molar-refractivity contribution in [3.63, 3.8) is 0 Å². The molecule has 0 atom stereocenters. The minimum atomic E-state index is -0.412. The highest BCUT2D eigenvalue weighted by molar-refractivity contribution is 5.40. The van der Waals surface area contributed by atoms with Gasteiger partial charge in [-0.1, -0.05) is 12.1 Å². The summed E-state index contributed by atoms with van der Waals surface area (Å²) in [5, 5.41) is 7.49. The van der Waals surface area contributed by atoms with Gasteiger partial charge < -0.3 is 10.1 Å². The van der Waals surface area contributed by atoms with E-state index in [2.05, 4.69) is 15.4 Å². The van der Waals surface area contributed by atoms with E-state index in [1.165, 1.54) is 16.9 Å². The summed E-state index contributed by atoms with van der Waals surface area (Å²) in [6, 6.07) is 10.7. The predicted molar refractivity (Wildman–Crippen MR) is 86.4 cm³/mol. The monoisotopic (exact) mass is 312 g/mol. The van der Waals surface area contributed by atoms with Gasteiger partial charge >= 0.3 is 0 Å². The molecule has 0 aliphatic carbocycles. The van der Waals surface area contributed by atoms with Crippen LogP contribution in [0.4, 0.5) is 10.2 Å². The van der Waals surface area contributed by atoms with E-state index in [1.54, 1.807) is 25.4 Å². The average Bonchev–Trinajstić information content (AvgIpc) is 3.03. The second-order valence-electron chi connectivity index (χ2n) is 5.11. The molecule has 0 saturated heterocycles. The van der Waals surface area contributed by atoms with E-state index in [4.69, 9.17) is 4.74 Å². The Balaban J connectivity index is 1.71. The molecule has 2 aromatic heterocycles. The summed E-state index contributed by atoms with van der Waals surface area (Å²) in [6.07, 6.45) is 3.20. The van der Waals surface area contributed by atoms with Crippen LogP contribution in [-0.2, 0) is 6.54 Å². The van der Waals surface area contributed by atoms with E-state index >= 15 is 0 Å². The molecule has 0 spiro atoms. The van der Waals surface area contributed by atoms with Crippen LogP contribution < -0.4 is 10.1 Å². The van der Waals surface area contributed by atoms with Gasteiger partial charge in [0.15, 0.2) is 11.6 Å². The smallest absolute Gasteiger partial charge is 0.189 e. The van der Waals surface area contributed by atoms with Crippen molar-refractivity contribution in [2.24, 2.45) is 0 Å². The lowest BCUT2D eigenvalue weighted by Crippen LogP contribution is -2.04. The van der Waals surface area contributed by atoms with Gasteiger partial charge in [-0.15, -0.1) is 5.10 Å². The van der Waals surface area contributed by atoms with E-state index in [1.807, 2.05) is 25.1 Å². The minimum absolute atomic E-state index is 0.178. The Bertz CT molecular complexity index is 816. The molecule has 1 N–H and O–H groups in total.